The number of halogens is 4. The quantitative estimate of drug-likeness (QED) is 0.597. The lowest BCUT2D eigenvalue weighted by Crippen LogP contribution is -2.36. The fraction of sp³-hybridized carbons (Fsp3) is 0.143. The number of nitrogens with zero attached hydrogens (tertiary/aromatic N) is 2. The van der Waals surface area contributed by atoms with Crippen molar-refractivity contribution in [3.05, 3.63) is 99.4 Å². The van der Waals surface area contributed by atoms with E-state index in [0.717, 1.165) is 5.56 Å². The van der Waals surface area contributed by atoms with Crippen LogP contribution in [-0.2, 0) is 24.1 Å². The second kappa shape index (κ2) is 8.53. The van der Waals surface area contributed by atoms with E-state index in [9.17, 15) is 22.8 Å². The summed E-state index contributed by atoms with van der Waals surface area (Å²) in [4.78, 5) is 26.6. The number of rotatable bonds is 5. The van der Waals surface area contributed by atoms with E-state index in [1.54, 1.807) is 30.3 Å². The molecule has 0 aliphatic carbocycles. The van der Waals surface area contributed by atoms with Crippen LogP contribution < -0.4 is 10.5 Å². The van der Waals surface area contributed by atoms with Crippen LogP contribution in [0.15, 0.2) is 77.7 Å². The minimum Gasteiger partial charge on any atom is -0.306 e. The second-order valence-electron chi connectivity index (χ2n) is 6.31. The Morgan fingerprint density at radius 2 is 1.59 bits per heavy atom. The number of hydrogen-bond donors (Lipinski definition) is 0. The van der Waals surface area contributed by atoms with Crippen molar-refractivity contribution >= 4 is 23.2 Å². The molecule has 0 spiro atoms. The fourth-order valence-electron chi connectivity index (χ4n) is 2.80. The van der Waals surface area contributed by atoms with Crippen molar-refractivity contribution in [2.45, 2.75) is 19.3 Å². The summed E-state index contributed by atoms with van der Waals surface area (Å²) in [7, 11) is 0. The van der Waals surface area contributed by atoms with Gasteiger partial charge in [-0.05, 0) is 23.8 Å². The van der Waals surface area contributed by atoms with E-state index in [4.69, 9.17) is 11.6 Å². The zero-order valence-electron chi connectivity index (χ0n) is 15.1. The minimum absolute atomic E-state index is 0.200. The molecule has 0 radical (unpaired) electrons. The third-order valence-corrected chi connectivity index (χ3v) is 4.50. The lowest BCUT2D eigenvalue weighted by atomic mass is 10.2. The molecule has 1 aromatic heterocycles. The van der Waals surface area contributed by atoms with Crippen LogP contribution in [0.4, 0.5) is 18.9 Å². The Labute approximate surface area is 169 Å². The average Bonchev–Trinajstić information content (AvgIpc) is 2.70. The molecule has 0 saturated carbocycles. The van der Waals surface area contributed by atoms with Crippen LogP contribution in [0.2, 0.25) is 5.02 Å². The third kappa shape index (κ3) is 5.06. The van der Waals surface area contributed by atoms with E-state index in [0.29, 0.717) is 22.5 Å². The van der Waals surface area contributed by atoms with E-state index in [2.05, 4.69) is 0 Å². The summed E-state index contributed by atoms with van der Waals surface area (Å²) in [5.74, 6) is -0.544. The first-order valence-electron chi connectivity index (χ1n) is 8.62. The highest BCUT2D eigenvalue weighted by Gasteiger charge is 2.32. The summed E-state index contributed by atoms with van der Waals surface area (Å²) in [5, 5.41) is -0.595. The zero-order valence-corrected chi connectivity index (χ0v) is 15.8. The summed E-state index contributed by atoms with van der Waals surface area (Å²) < 4.78 is 39.9. The van der Waals surface area contributed by atoms with Crippen molar-refractivity contribution in [1.82, 2.24) is 4.57 Å². The topological polar surface area (TPSA) is 42.3 Å². The number of amides is 1. The molecule has 8 heteroatoms. The Kier molecular flexibility index (Phi) is 6.08. The molecular weight excluding hydrogens is 405 g/mol. The summed E-state index contributed by atoms with van der Waals surface area (Å²) in [6.07, 6.45) is -4.08. The lowest BCUT2D eigenvalue weighted by Gasteiger charge is -2.24. The van der Waals surface area contributed by atoms with Gasteiger partial charge < -0.3 is 9.47 Å². The number of anilines is 1. The highest BCUT2D eigenvalue weighted by molar-refractivity contribution is 6.30. The fourth-order valence-corrected chi connectivity index (χ4v) is 3.03. The molecule has 0 aliphatic heterocycles. The summed E-state index contributed by atoms with van der Waals surface area (Å²) in [6, 6.07) is 18.4. The molecule has 0 N–H and O–H groups in total. The van der Waals surface area contributed by atoms with E-state index >= 15 is 0 Å². The first-order chi connectivity index (χ1) is 13.8. The number of benzene rings is 2. The molecule has 0 unspecified atom stereocenters. The van der Waals surface area contributed by atoms with Gasteiger partial charge in [0, 0.05) is 11.9 Å². The van der Waals surface area contributed by atoms with E-state index < -0.39 is 34.8 Å². The lowest BCUT2D eigenvalue weighted by molar-refractivity contribution is -0.138. The maximum absolute atomic E-state index is 13.1. The Bertz CT molecular complexity index is 1050. The van der Waals surface area contributed by atoms with Gasteiger partial charge in [-0.1, -0.05) is 60.1 Å². The van der Waals surface area contributed by atoms with Crippen molar-refractivity contribution in [2.75, 3.05) is 4.90 Å². The predicted molar refractivity (Wildman–Crippen MR) is 105 cm³/mol. The Hall–Kier alpha value is -3.06. The molecular formula is C21H16ClF3N2O2. The van der Waals surface area contributed by atoms with Gasteiger partial charge in [-0.3, -0.25) is 9.59 Å². The second-order valence-corrected chi connectivity index (χ2v) is 6.72. The number of para-hydroxylation sites is 1. The van der Waals surface area contributed by atoms with E-state index in [-0.39, 0.29) is 6.54 Å². The number of carbonyl (C=O) groups excluding carboxylic acids is 1. The van der Waals surface area contributed by atoms with Gasteiger partial charge in [-0.25, -0.2) is 0 Å². The maximum Gasteiger partial charge on any atom is 0.417 e. The zero-order chi connectivity index (χ0) is 21.0. The smallest absolute Gasteiger partial charge is 0.306 e. The molecule has 0 fully saturated rings. The van der Waals surface area contributed by atoms with Gasteiger partial charge >= 0.3 is 6.18 Å². The van der Waals surface area contributed by atoms with Crippen molar-refractivity contribution in [3.8, 4) is 0 Å². The van der Waals surface area contributed by atoms with Crippen LogP contribution in [0.5, 0.6) is 0 Å². The highest BCUT2D eigenvalue weighted by Crippen LogP contribution is 2.29. The summed E-state index contributed by atoms with van der Waals surface area (Å²) in [6.45, 7) is -0.380. The standard InChI is InChI=1S/C21H16ClF3N2O2/c22-18-11-16(21(23,24)25)13-26(20(18)29)14-19(28)27(17-9-5-2-6-10-17)12-15-7-3-1-4-8-15/h1-11,13H,12,14H2. The first kappa shape index (κ1) is 20.7. The maximum atomic E-state index is 13.1. The Morgan fingerprint density at radius 3 is 2.17 bits per heavy atom. The molecule has 2 aromatic carbocycles. The van der Waals surface area contributed by atoms with Gasteiger partial charge in [-0.2, -0.15) is 13.2 Å². The van der Waals surface area contributed by atoms with E-state index in [1.165, 1.54) is 4.90 Å². The number of carbonyl (C=O) groups is 1. The van der Waals surface area contributed by atoms with Gasteiger partial charge in [0.1, 0.15) is 11.6 Å². The molecule has 1 heterocycles. The Morgan fingerprint density at radius 1 is 1.00 bits per heavy atom. The summed E-state index contributed by atoms with van der Waals surface area (Å²) in [5.41, 5.74) is -0.559. The molecule has 150 valence electrons. The van der Waals surface area contributed by atoms with E-state index in [1.807, 2.05) is 30.3 Å². The highest BCUT2D eigenvalue weighted by atomic mass is 35.5. The average molecular weight is 421 g/mol. The van der Waals surface area contributed by atoms with Crippen molar-refractivity contribution in [3.63, 3.8) is 0 Å². The molecule has 1 amide bonds. The molecule has 0 bridgehead atoms. The van der Waals surface area contributed by atoms with Crippen LogP contribution in [0.25, 0.3) is 0 Å². The van der Waals surface area contributed by atoms with Crippen molar-refractivity contribution in [2.24, 2.45) is 0 Å². The largest absolute Gasteiger partial charge is 0.417 e. The van der Waals surface area contributed by atoms with Crippen LogP contribution in [0.3, 0.4) is 0 Å². The Balaban J connectivity index is 1.95. The number of pyridine rings is 1. The number of aromatic nitrogens is 1. The first-order valence-corrected chi connectivity index (χ1v) is 9.00. The molecule has 0 atom stereocenters. The van der Waals surface area contributed by atoms with Gasteiger partial charge in [0.15, 0.2) is 0 Å². The third-order valence-electron chi connectivity index (χ3n) is 4.23. The number of hydrogen-bond acceptors (Lipinski definition) is 2. The predicted octanol–water partition coefficient (Wildman–Crippen LogP) is 4.75. The van der Waals surface area contributed by atoms with Crippen LogP contribution in [0.1, 0.15) is 11.1 Å². The molecule has 0 aliphatic rings. The van der Waals surface area contributed by atoms with Crippen molar-refractivity contribution < 1.29 is 18.0 Å². The molecule has 4 nitrogen and oxygen atoms in total. The summed E-state index contributed by atoms with van der Waals surface area (Å²) >= 11 is 5.68. The van der Waals surface area contributed by atoms with Crippen LogP contribution in [0, 0.1) is 0 Å². The van der Waals surface area contributed by atoms with Crippen LogP contribution >= 0.6 is 11.6 Å². The molecule has 3 rings (SSSR count). The van der Waals surface area contributed by atoms with Crippen LogP contribution in [-0.4, -0.2) is 10.5 Å². The molecule has 0 saturated heterocycles. The molecule has 29 heavy (non-hydrogen) atoms. The SMILES string of the molecule is O=C(Cn1cc(C(F)(F)F)cc(Cl)c1=O)N(Cc1ccccc1)c1ccccc1. The van der Waals surface area contributed by atoms with Gasteiger partial charge in [-0.15, -0.1) is 0 Å². The minimum atomic E-state index is -4.69. The van der Waals surface area contributed by atoms with Gasteiger partial charge in [0.05, 0.1) is 12.1 Å². The molecule has 3 aromatic rings. The van der Waals surface area contributed by atoms with Crippen molar-refractivity contribution in [1.29, 1.82) is 0 Å². The normalized spacial score (nSPS) is 11.3. The van der Waals surface area contributed by atoms with Gasteiger partial charge in [0.25, 0.3) is 5.56 Å². The number of alkyl halides is 3. The monoisotopic (exact) mass is 420 g/mol. The van der Waals surface area contributed by atoms with Gasteiger partial charge in [0.2, 0.25) is 5.91 Å².